The predicted molar refractivity (Wildman–Crippen MR) is 97.4 cm³/mol. The molecule has 0 fully saturated rings. The van der Waals surface area contributed by atoms with Crippen LogP contribution in [-0.4, -0.2) is 47.2 Å². The summed E-state index contributed by atoms with van der Waals surface area (Å²) in [6, 6.07) is 6.90. The van der Waals surface area contributed by atoms with E-state index < -0.39 is 30.6 Å². The summed E-state index contributed by atoms with van der Waals surface area (Å²) in [5.74, 6) is -1.53. The molecule has 7 nitrogen and oxygen atoms in total. The standard InChI is InChI=1S/C17H23BrN2O5/c1-4-20(10-15(21)22)16(23)14(9-11(2)3)25-17(24)19-13-7-5-12(18)6-8-13/h5-8,11,14H,4,9-10H2,1-3H3,(H,19,24)(H,21,22). The molecule has 0 saturated heterocycles. The molecule has 0 heterocycles. The number of amides is 2. The van der Waals surface area contributed by atoms with Gasteiger partial charge in [-0.2, -0.15) is 0 Å². The number of carbonyl (C=O) groups is 3. The van der Waals surface area contributed by atoms with E-state index in [4.69, 9.17) is 9.84 Å². The third-order valence-corrected chi connectivity index (χ3v) is 3.85. The van der Waals surface area contributed by atoms with Crippen molar-refractivity contribution in [3.63, 3.8) is 0 Å². The van der Waals surface area contributed by atoms with Crippen molar-refractivity contribution < 1.29 is 24.2 Å². The summed E-state index contributed by atoms with van der Waals surface area (Å²) in [7, 11) is 0. The van der Waals surface area contributed by atoms with Crippen molar-refractivity contribution in [1.29, 1.82) is 0 Å². The highest BCUT2D eigenvalue weighted by molar-refractivity contribution is 9.10. The van der Waals surface area contributed by atoms with Gasteiger partial charge in [0.05, 0.1) is 0 Å². The summed E-state index contributed by atoms with van der Waals surface area (Å²) in [6.45, 7) is 5.25. The SMILES string of the molecule is CCN(CC(=O)O)C(=O)C(CC(C)C)OC(=O)Nc1ccc(Br)cc1. The highest BCUT2D eigenvalue weighted by Crippen LogP contribution is 2.16. The second kappa shape index (κ2) is 10.0. The second-order valence-corrected chi connectivity index (χ2v) is 6.82. The maximum atomic E-state index is 12.5. The quantitative estimate of drug-likeness (QED) is 0.679. The minimum atomic E-state index is -1.11. The molecule has 1 aromatic rings. The number of carboxylic acid groups (broad SMARTS) is 1. The van der Waals surface area contributed by atoms with Crippen molar-refractivity contribution in [3.8, 4) is 0 Å². The first-order valence-corrected chi connectivity index (χ1v) is 8.76. The minimum absolute atomic E-state index is 0.0953. The number of carbonyl (C=O) groups excluding carboxylic acids is 2. The molecule has 2 N–H and O–H groups in total. The Hall–Kier alpha value is -2.09. The maximum Gasteiger partial charge on any atom is 0.412 e. The number of hydrogen-bond acceptors (Lipinski definition) is 4. The maximum absolute atomic E-state index is 12.5. The van der Waals surface area contributed by atoms with E-state index in [-0.39, 0.29) is 12.5 Å². The number of likely N-dealkylation sites (N-methyl/N-ethyl adjacent to an activating group) is 1. The Labute approximate surface area is 155 Å². The average Bonchev–Trinajstić information content (AvgIpc) is 2.53. The zero-order valence-electron chi connectivity index (χ0n) is 14.5. The predicted octanol–water partition coefficient (Wildman–Crippen LogP) is 3.35. The van der Waals surface area contributed by atoms with E-state index in [0.717, 1.165) is 9.37 Å². The van der Waals surface area contributed by atoms with E-state index in [1.165, 1.54) is 0 Å². The fourth-order valence-corrected chi connectivity index (χ4v) is 2.41. The topological polar surface area (TPSA) is 95.9 Å². The minimum Gasteiger partial charge on any atom is -0.480 e. The van der Waals surface area contributed by atoms with Crippen LogP contribution in [0.4, 0.5) is 10.5 Å². The molecule has 1 atom stereocenters. The Morgan fingerprint density at radius 1 is 1.24 bits per heavy atom. The Kier molecular flexibility index (Phi) is 8.40. The lowest BCUT2D eigenvalue weighted by atomic mass is 10.0. The van der Waals surface area contributed by atoms with Crippen LogP contribution in [0.3, 0.4) is 0 Å². The first kappa shape index (κ1) is 21.0. The summed E-state index contributed by atoms with van der Waals surface area (Å²) in [6.07, 6.45) is -1.48. The molecule has 0 spiro atoms. The van der Waals surface area contributed by atoms with E-state index >= 15 is 0 Å². The molecular weight excluding hydrogens is 392 g/mol. The van der Waals surface area contributed by atoms with Gasteiger partial charge in [-0.15, -0.1) is 0 Å². The number of nitrogens with one attached hydrogen (secondary N) is 1. The first-order chi connectivity index (χ1) is 11.7. The van der Waals surface area contributed by atoms with Crippen molar-refractivity contribution in [2.24, 2.45) is 5.92 Å². The molecule has 0 saturated carbocycles. The van der Waals surface area contributed by atoms with Crippen LogP contribution in [0.1, 0.15) is 27.2 Å². The molecule has 25 heavy (non-hydrogen) atoms. The molecule has 1 unspecified atom stereocenters. The van der Waals surface area contributed by atoms with Gasteiger partial charge in [0.15, 0.2) is 6.10 Å². The number of nitrogens with zero attached hydrogens (tertiary/aromatic N) is 1. The average molecular weight is 415 g/mol. The Bertz CT molecular complexity index is 604. The molecule has 0 aliphatic carbocycles. The van der Waals surface area contributed by atoms with Crippen molar-refractivity contribution in [2.45, 2.75) is 33.3 Å². The number of aliphatic carboxylic acids is 1. The molecular formula is C17H23BrN2O5. The van der Waals surface area contributed by atoms with Gasteiger partial charge in [0, 0.05) is 16.7 Å². The van der Waals surface area contributed by atoms with E-state index in [0.29, 0.717) is 12.1 Å². The fourth-order valence-electron chi connectivity index (χ4n) is 2.15. The Morgan fingerprint density at radius 2 is 1.84 bits per heavy atom. The van der Waals surface area contributed by atoms with Crippen molar-refractivity contribution >= 4 is 39.6 Å². The largest absolute Gasteiger partial charge is 0.480 e. The highest BCUT2D eigenvalue weighted by Gasteiger charge is 2.29. The molecule has 0 aliphatic rings. The van der Waals surface area contributed by atoms with E-state index in [1.54, 1.807) is 31.2 Å². The second-order valence-electron chi connectivity index (χ2n) is 5.90. The van der Waals surface area contributed by atoms with Crippen LogP contribution in [0.2, 0.25) is 0 Å². The van der Waals surface area contributed by atoms with Gasteiger partial charge < -0.3 is 14.7 Å². The lowest BCUT2D eigenvalue weighted by Gasteiger charge is -2.26. The van der Waals surface area contributed by atoms with Crippen molar-refractivity contribution in [1.82, 2.24) is 4.90 Å². The zero-order chi connectivity index (χ0) is 19.0. The summed E-state index contributed by atoms with van der Waals surface area (Å²) in [5.41, 5.74) is 0.529. The van der Waals surface area contributed by atoms with Gasteiger partial charge in [0.25, 0.3) is 5.91 Å². The molecule has 1 aromatic carbocycles. The van der Waals surface area contributed by atoms with Gasteiger partial charge in [0.1, 0.15) is 6.54 Å². The van der Waals surface area contributed by atoms with Gasteiger partial charge in [-0.1, -0.05) is 29.8 Å². The number of ether oxygens (including phenoxy) is 1. The van der Waals surface area contributed by atoms with Crippen molar-refractivity contribution in [2.75, 3.05) is 18.4 Å². The van der Waals surface area contributed by atoms with Gasteiger partial charge >= 0.3 is 12.1 Å². The van der Waals surface area contributed by atoms with Crippen LogP contribution in [0.25, 0.3) is 0 Å². The summed E-state index contributed by atoms with van der Waals surface area (Å²) in [4.78, 5) is 36.7. The van der Waals surface area contributed by atoms with Crippen molar-refractivity contribution in [3.05, 3.63) is 28.7 Å². The monoisotopic (exact) mass is 414 g/mol. The number of benzene rings is 1. The smallest absolute Gasteiger partial charge is 0.412 e. The van der Waals surface area contributed by atoms with Crippen LogP contribution in [0, 0.1) is 5.92 Å². The van der Waals surface area contributed by atoms with Gasteiger partial charge in [-0.3, -0.25) is 14.9 Å². The number of carboxylic acids is 1. The molecule has 2 amide bonds. The number of rotatable bonds is 8. The van der Waals surface area contributed by atoms with Crippen LogP contribution >= 0.6 is 15.9 Å². The van der Waals surface area contributed by atoms with Crippen LogP contribution < -0.4 is 5.32 Å². The van der Waals surface area contributed by atoms with Gasteiger partial charge in [-0.05, 0) is 43.5 Å². The van der Waals surface area contributed by atoms with E-state index in [1.807, 2.05) is 13.8 Å². The Morgan fingerprint density at radius 3 is 2.32 bits per heavy atom. The summed E-state index contributed by atoms with van der Waals surface area (Å²) < 4.78 is 6.14. The summed E-state index contributed by atoms with van der Waals surface area (Å²) in [5, 5.41) is 11.5. The normalized spacial score (nSPS) is 11.7. The number of anilines is 1. The molecule has 0 aromatic heterocycles. The lowest BCUT2D eigenvalue weighted by Crippen LogP contribution is -2.44. The van der Waals surface area contributed by atoms with Crippen LogP contribution in [-0.2, 0) is 14.3 Å². The van der Waals surface area contributed by atoms with E-state index in [9.17, 15) is 14.4 Å². The molecule has 8 heteroatoms. The third-order valence-electron chi connectivity index (χ3n) is 3.32. The third kappa shape index (κ3) is 7.55. The van der Waals surface area contributed by atoms with Crippen LogP contribution in [0.5, 0.6) is 0 Å². The zero-order valence-corrected chi connectivity index (χ0v) is 16.1. The Balaban J connectivity index is 2.79. The van der Waals surface area contributed by atoms with E-state index in [2.05, 4.69) is 21.2 Å². The molecule has 138 valence electrons. The first-order valence-electron chi connectivity index (χ1n) is 7.96. The lowest BCUT2D eigenvalue weighted by molar-refractivity contribution is -0.148. The molecule has 1 rings (SSSR count). The number of halogens is 1. The number of hydrogen-bond donors (Lipinski definition) is 2. The summed E-state index contributed by atoms with van der Waals surface area (Å²) >= 11 is 3.30. The van der Waals surface area contributed by atoms with Gasteiger partial charge in [-0.25, -0.2) is 4.79 Å². The van der Waals surface area contributed by atoms with Crippen LogP contribution in [0.15, 0.2) is 28.7 Å². The fraction of sp³-hybridized carbons (Fsp3) is 0.471. The molecule has 0 aliphatic heterocycles. The molecule has 0 bridgehead atoms. The molecule has 0 radical (unpaired) electrons. The highest BCUT2D eigenvalue weighted by atomic mass is 79.9. The van der Waals surface area contributed by atoms with Gasteiger partial charge in [0.2, 0.25) is 0 Å².